The van der Waals surface area contributed by atoms with Crippen LogP contribution in [-0.2, 0) is 6.42 Å². The Labute approximate surface area is 225 Å². The first-order chi connectivity index (χ1) is 18.8. The minimum Gasteiger partial charge on any atom is -0.309 e. The second-order valence-electron chi connectivity index (χ2n) is 10.2. The van der Waals surface area contributed by atoms with Crippen LogP contribution in [0.4, 0.5) is 0 Å². The molecule has 0 fully saturated rings. The molecule has 0 saturated carbocycles. The lowest BCUT2D eigenvalue weighted by Crippen LogP contribution is -2.04. The molecular weight excluding hydrogens is 478 g/mol. The van der Waals surface area contributed by atoms with E-state index in [1.165, 1.54) is 64.7 Å². The molecule has 0 amide bonds. The number of aromatic nitrogens is 1. The van der Waals surface area contributed by atoms with Gasteiger partial charge in [0.25, 0.3) is 0 Å². The molecule has 5 aromatic carbocycles. The van der Waals surface area contributed by atoms with Crippen molar-refractivity contribution < 1.29 is 0 Å². The highest BCUT2D eigenvalue weighted by Crippen LogP contribution is 2.40. The Balaban J connectivity index is 1.20. The monoisotopic (exact) mass is 503 g/mol. The minimum absolute atomic E-state index is 0.390. The molecule has 1 aliphatic carbocycles. The van der Waals surface area contributed by atoms with Gasteiger partial charge in [0.1, 0.15) is 0 Å². The van der Waals surface area contributed by atoms with E-state index in [2.05, 4.69) is 138 Å². The van der Waals surface area contributed by atoms with Gasteiger partial charge in [0.2, 0.25) is 0 Å². The lowest BCUT2D eigenvalue weighted by atomic mass is 9.86. The summed E-state index contributed by atoms with van der Waals surface area (Å²) in [6.45, 7) is 0. The topological polar surface area (TPSA) is 4.93 Å². The maximum Gasteiger partial charge on any atom is 0.0541 e. The zero-order valence-corrected chi connectivity index (χ0v) is 21.7. The summed E-state index contributed by atoms with van der Waals surface area (Å²) in [5.74, 6) is 0.390. The molecule has 1 nitrogen and oxygen atoms in total. The molecule has 2 heteroatoms. The quantitative estimate of drug-likeness (QED) is 0.226. The third-order valence-electron chi connectivity index (χ3n) is 7.97. The van der Waals surface area contributed by atoms with Gasteiger partial charge in [-0.1, -0.05) is 97.1 Å². The van der Waals surface area contributed by atoms with Gasteiger partial charge in [-0.05, 0) is 70.5 Å². The van der Waals surface area contributed by atoms with Gasteiger partial charge in [-0.3, -0.25) is 0 Å². The predicted molar refractivity (Wildman–Crippen MR) is 164 cm³/mol. The first-order valence-electron chi connectivity index (χ1n) is 13.2. The van der Waals surface area contributed by atoms with Crippen molar-refractivity contribution in [2.24, 2.45) is 0 Å². The molecule has 0 spiro atoms. The van der Waals surface area contributed by atoms with Crippen LogP contribution in [0.25, 0.3) is 54.8 Å². The van der Waals surface area contributed by atoms with E-state index in [1.807, 2.05) is 11.3 Å². The van der Waals surface area contributed by atoms with Crippen molar-refractivity contribution in [3.8, 4) is 16.8 Å². The number of hydrogen-bond donors (Lipinski definition) is 0. The maximum atomic E-state index is 2.39. The number of nitrogens with zero attached hydrogens (tertiary/aromatic N) is 1. The minimum atomic E-state index is 0.390. The van der Waals surface area contributed by atoms with Gasteiger partial charge in [-0.2, -0.15) is 0 Å². The van der Waals surface area contributed by atoms with E-state index in [9.17, 15) is 0 Å². The number of para-hydroxylation sites is 2. The Morgan fingerprint density at radius 1 is 0.605 bits per heavy atom. The van der Waals surface area contributed by atoms with Gasteiger partial charge in [0.15, 0.2) is 0 Å². The summed E-state index contributed by atoms with van der Waals surface area (Å²) in [5.41, 5.74) is 9.06. The largest absolute Gasteiger partial charge is 0.309 e. The summed E-state index contributed by atoms with van der Waals surface area (Å²) in [6, 6.07) is 44.3. The molecule has 1 unspecified atom stereocenters. The smallest absolute Gasteiger partial charge is 0.0541 e. The van der Waals surface area contributed by atoms with E-state index in [4.69, 9.17) is 0 Å². The van der Waals surface area contributed by atoms with Crippen LogP contribution >= 0.6 is 11.3 Å². The fraction of sp³-hybridized carbons (Fsp3) is 0.0556. The molecule has 1 atom stereocenters. The number of fused-ring (bicyclic) bond motifs is 6. The van der Waals surface area contributed by atoms with Gasteiger partial charge >= 0.3 is 0 Å². The molecule has 0 saturated heterocycles. The fourth-order valence-electron chi connectivity index (χ4n) is 6.16. The molecule has 0 N–H and O–H groups in total. The average molecular weight is 504 g/mol. The van der Waals surface area contributed by atoms with Crippen LogP contribution in [-0.4, -0.2) is 4.57 Å². The molecule has 2 heterocycles. The third kappa shape index (κ3) is 3.38. The second kappa shape index (κ2) is 8.58. The van der Waals surface area contributed by atoms with Crippen molar-refractivity contribution >= 4 is 49.3 Å². The van der Waals surface area contributed by atoms with Crippen LogP contribution in [0, 0.1) is 0 Å². The van der Waals surface area contributed by atoms with E-state index in [0.29, 0.717) is 5.92 Å². The van der Waals surface area contributed by atoms with Gasteiger partial charge in [-0.15, -0.1) is 11.3 Å². The maximum absolute atomic E-state index is 2.39. The summed E-state index contributed by atoms with van der Waals surface area (Å²) < 4.78 is 3.78. The molecule has 38 heavy (non-hydrogen) atoms. The van der Waals surface area contributed by atoms with Crippen molar-refractivity contribution in [3.63, 3.8) is 0 Å². The Morgan fingerprint density at radius 2 is 1.26 bits per heavy atom. The van der Waals surface area contributed by atoms with E-state index in [1.54, 1.807) is 0 Å². The molecule has 0 radical (unpaired) electrons. The molecule has 8 rings (SSSR count). The SMILES string of the molecule is C1=CC(c2cccc(-c3cccc(-n4c5ccccc5c5ccccc54)c3)c2)Cc2c1sc1ccccc21. The Morgan fingerprint density at radius 3 is 2.05 bits per heavy atom. The molecule has 0 bridgehead atoms. The summed E-state index contributed by atoms with van der Waals surface area (Å²) in [4.78, 5) is 1.41. The van der Waals surface area contributed by atoms with Gasteiger partial charge in [-0.25, -0.2) is 0 Å². The number of benzene rings is 5. The fourth-order valence-corrected chi connectivity index (χ4v) is 7.31. The molecule has 0 aliphatic heterocycles. The molecular formula is C36H25NS. The van der Waals surface area contributed by atoms with Crippen LogP contribution < -0.4 is 0 Å². The van der Waals surface area contributed by atoms with Crippen molar-refractivity contribution in [1.82, 2.24) is 4.57 Å². The second-order valence-corrected chi connectivity index (χ2v) is 11.2. The standard InChI is InChI=1S/C36H25NS/c1-4-16-33-29(13-1)30-14-2-5-17-34(30)37(33)28-12-8-11-26(22-28)24-9-7-10-25(21-24)27-19-20-36-32(23-27)31-15-3-6-18-35(31)38-36/h1-22,27H,23H2. The lowest BCUT2D eigenvalue weighted by molar-refractivity contribution is 0.837. The number of thiophene rings is 1. The summed E-state index contributed by atoms with van der Waals surface area (Å²) in [6.07, 6.45) is 5.79. The Bertz CT molecular complexity index is 1970. The van der Waals surface area contributed by atoms with Crippen molar-refractivity contribution in [2.45, 2.75) is 12.3 Å². The zero-order valence-electron chi connectivity index (χ0n) is 20.8. The highest BCUT2D eigenvalue weighted by Gasteiger charge is 2.20. The average Bonchev–Trinajstić information content (AvgIpc) is 3.53. The van der Waals surface area contributed by atoms with Gasteiger partial charge in [0, 0.05) is 32.0 Å². The third-order valence-corrected chi connectivity index (χ3v) is 9.14. The Hall–Kier alpha value is -4.40. The summed E-state index contributed by atoms with van der Waals surface area (Å²) in [5, 5.41) is 4.00. The molecule has 2 aromatic heterocycles. The Kier molecular flexibility index (Phi) is 4.89. The molecule has 180 valence electrons. The van der Waals surface area contributed by atoms with E-state index >= 15 is 0 Å². The van der Waals surface area contributed by atoms with Crippen LogP contribution in [0.3, 0.4) is 0 Å². The highest BCUT2D eigenvalue weighted by atomic mass is 32.1. The number of rotatable bonds is 3. The van der Waals surface area contributed by atoms with E-state index in [-0.39, 0.29) is 0 Å². The summed E-state index contributed by atoms with van der Waals surface area (Å²) in [7, 11) is 0. The van der Waals surface area contributed by atoms with Gasteiger partial charge in [0.05, 0.1) is 11.0 Å². The zero-order chi connectivity index (χ0) is 25.1. The predicted octanol–water partition coefficient (Wildman–Crippen LogP) is 10.0. The van der Waals surface area contributed by atoms with Crippen molar-refractivity contribution in [3.05, 3.63) is 143 Å². The number of allylic oxidation sites excluding steroid dienone is 1. The van der Waals surface area contributed by atoms with Crippen LogP contribution in [0.5, 0.6) is 0 Å². The first kappa shape index (κ1) is 21.7. The van der Waals surface area contributed by atoms with E-state index in [0.717, 1.165) is 6.42 Å². The highest BCUT2D eigenvalue weighted by molar-refractivity contribution is 7.20. The lowest BCUT2D eigenvalue weighted by Gasteiger charge is -2.19. The summed E-state index contributed by atoms with van der Waals surface area (Å²) >= 11 is 1.91. The molecule has 7 aromatic rings. The molecule has 1 aliphatic rings. The van der Waals surface area contributed by atoms with Gasteiger partial charge < -0.3 is 4.57 Å². The van der Waals surface area contributed by atoms with Crippen LogP contribution in [0.15, 0.2) is 127 Å². The van der Waals surface area contributed by atoms with Crippen molar-refractivity contribution in [2.75, 3.05) is 0 Å². The van der Waals surface area contributed by atoms with E-state index < -0.39 is 0 Å². The van der Waals surface area contributed by atoms with Crippen LogP contribution in [0.1, 0.15) is 21.9 Å². The number of hydrogen-bond acceptors (Lipinski definition) is 1. The normalized spacial score (nSPS) is 14.9. The first-order valence-corrected chi connectivity index (χ1v) is 14.0. The van der Waals surface area contributed by atoms with Crippen molar-refractivity contribution in [1.29, 1.82) is 0 Å². The van der Waals surface area contributed by atoms with Crippen LogP contribution in [0.2, 0.25) is 0 Å².